The van der Waals surface area contributed by atoms with Crippen molar-refractivity contribution >= 4 is 5.91 Å². The Morgan fingerprint density at radius 2 is 2.28 bits per heavy atom. The van der Waals surface area contributed by atoms with Crippen LogP contribution in [0.1, 0.15) is 25.7 Å². The number of likely N-dealkylation sites (tertiary alicyclic amines) is 1. The van der Waals surface area contributed by atoms with Gasteiger partial charge in [-0.15, -0.1) is 0 Å². The summed E-state index contributed by atoms with van der Waals surface area (Å²) in [6.45, 7) is 3.37. The van der Waals surface area contributed by atoms with Crippen molar-refractivity contribution in [3.8, 4) is 0 Å². The lowest BCUT2D eigenvalue weighted by atomic mass is 9.98. The summed E-state index contributed by atoms with van der Waals surface area (Å²) in [5, 5.41) is 3.16. The van der Waals surface area contributed by atoms with Crippen LogP contribution in [0.15, 0.2) is 0 Å². The Balaban J connectivity index is 1.91. The third kappa shape index (κ3) is 3.43. The van der Waals surface area contributed by atoms with Gasteiger partial charge in [-0.25, -0.2) is 0 Å². The Hall–Kier alpha value is -0.650. The molecule has 0 aliphatic carbocycles. The molecule has 2 saturated heterocycles. The molecule has 2 heterocycles. The second-order valence-corrected chi connectivity index (χ2v) is 5.01. The van der Waals surface area contributed by atoms with Crippen molar-refractivity contribution in [2.75, 3.05) is 40.0 Å². The van der Waals surface area contributed by atoms with Gasteiger partial charge in [0.15, 0.2) is 6.10 Å². The van der Waals surface area contributed by atoms with E-state index < -0.39 is 0 Å². The summed E-state index contributed by atoms with van der Waals surface area (Å²) in [7, 11) is 1.95. The molecule has 0 aromatic carbocycles. The Morgan fingerprint density at radius 1 is 1.39 bits per heavy atom. The van der Waals surface area contributed by atoms with Gasteiger partial charge in [-0.05, 0) is 39.3 Å². The number of amides is 1. The molecule has 2 rings (SSSR count). The van der Waals surface area contributed by atoms with E-state index in [0.717, 1.165) is 32.4 Å². The maximum Gasteiger partial charge on any atom is 0.254 e. The van der Waals surface area contributed by atoms with Crippen molar-refractivity contribution < 1.29 is 14.3 Å². The van der Waals surface area contributed by atoms with E-state index in [1.807, 2.05) is 11.9 Å². The van der Waals surface area contributed by atoms with Crippen LogP contribution in [0.25, 0.3) is 0 Å². The lowest BCUT2D eigenvalue weighted by molar-refractivity contribution is -0.161. The van der Waals surface area contributed by atoms with Crippen molar-refractivity contribution in [2.24, 2.45) is 0 Å². The van der Waals surface area contributed by atoms with Crippen molar-refractivity contribution in [2.45, 2.75) is 37.8 Å². The van der Waals surface area contributed by atoms with E-state index in [9.17, 15) is 4.79 Å². The monoisotopic (exact) mass is 256 g/mol. The molecule has 0 radical (unpaired) electrons. The van der Waals surface area contributed by atoms with Crippen LogP contribution in [0.2, 0.25) is 0 Å². The molecule has 0 spiro atoms. The maximum absolute atomic E-state index is 12.4. The number of piperidine rings is 1. The minimum absolute atomic E-state index is 0.121. The number of rotatable bonds is 4. The van der Waals surface area contributed by atoms with Crippen LogP contribution in [0, 0.1) is 0 Å². The first-order valence-electron chi connectivity index (χ1n) is 6.97. The lowest BCUT2D eigenvalue weighted by Crippen LogP contribution is -2.51. The lowest BCUT2D eigenvalue weighted by Gasteiger charge is -2.38. The fourth-order valence-electron chi connectivity index (χ4n) is 2.72. The Kier molecular flexibility index (Phi) is 5.41. The van der Waals surface area contributed by atoms with Gasteiger partial charge in [0.1, 0.15) is 0 Å². The summed E-state index contributed by atoms with van der Waals surface area (Å²) in [6, 6.07) is 0.365. The number of hydrogen-bond acceptors (Lipinski definition) is 4. The molecule has 2 aliphatic heterocycles. The normalized spacial score (nSPS) is 29.3. The zero-order valence-corrected chi connectivity index (χ0v) is 11.2. The van der Waals surface area contributed by atoms with Gasteiger partial charge in [0.25, 0.3) is 5.91 Å². The van der Waals surface area contributed by atoms with Gasteiger partial charge in [0, 0.05) is 12.6 Å². The van der Waals surface area contributed by atoms with Crippen LogP contribution in [0.4, 0.5) is 0 Å². The zero-order chi connectivity index (χ0) is 12.8. The average Bonchev–Trinajstić information content (AvgIpc) is 2.45. The summed E-state index contributed by atoms with van der Waals surface area (Å²) in [4.78, 5) is 14.4. The Labute approximate surface area is 109 Å². The summed E-state index contributed by atoms with van der Waals surface area (Å²) in [5.41, 5.74) is 0. The molecule has 2 aliphatic rings. The molecule has 104 valence electrons. The van der Waals surface area contributed by atoms with Crippen LogP contribution in [-0.2, 0) is 14.3 Å². The van der Waals surface area contributed by atoms with Crippen molar-refractivity contribution in [1.82, 2.24) is 10.2 Å². The van der Waals surface area contributed by atoms with Crippen LogP contribution in [-0.4, -0.2) is 62.9 Å². The van der Waals surface area contributed by atoms with E-state index >= 15 is 0 Å². The third-order valence-corrected chi connectivity index (χ3v) is 3.73. The molecule has 1 amide bonds. The molecule has 0 bridgehead atoms. The van der Waals surface area contributed by atoms with Gasteiger partial charge in [0.2, 0.25) is 0 Å². The summed E-state index contributed by atoms with van der Waals surface area (Å²) in [5.74, 6) is 0.121. The molecule has 5 nitrogen and oxygen atoms in total. The van der Waals surface area contributed by atoms with Crippen molar-refractivity contribution in [3.63, 3.8) is 0 Å². The first kappa shape index (κ1) is 13.8. The van der Waals surface area contributed by atoms with Crippen molar-refractivity contribution in [1.29, 1.82) is 0 Å². The van der Waals surface area contributed by atoms with Crippen LogP contribution in [0.5, 0.6) is 0 Å². The predicted octanol–water partition coefficient (Wildman–Crippen LogP) is 0.392. The number of ether oxygens (including phenoxy) is 2. The predicted molar refractivity (Wildman–Crippen MR) is 68.5 cm³/mol. The summed E-state index contributed by atoms with van der Waals surface area (Å²) >= 11 is 0. The minimum Gasteiger partial charge on any atom is -0.376 e. The van der Waals surface area contributed by atoms with Crippen LogP contribution < -0.4 is 5.32 Å². The average molecular weight is 256 g/mol. The zero-order valence-electron chi connectivity index (χ0n) is 11.2. The number of nitrogens with zero attached hydrogens (tertiary/aromatic N) is 1. The van der Waals surface area contributed by atoms with Gasteiger partial charge in [-0.1, -0.05) is 0 Å². The molecule has 0 aromatic rings. The molecule has 2 fully saturated rings. The summed E-state index contributed by atoms with van der Waals surface area (Å²) < 4.78 is 10.8. The van der Waals surface area contributed by atoms with Gasteiger partial charge in [-0.2, -0.15) is 0 Å². The van der Waals surface area contributed by atoms with Gasteiger partial charge < -0.3 is 19.7 Å². The fraction of sp³-hybridized carbons (Fsp3) is 0.923. The van der Waals surface area contributed by atoms with E-state index in [2.05, 4.69) is 5.32 Å². The SMILES string of the molecule is CNCCC1CCCCN1C(=O)C1COCCO1. The number of hydrogen-bond donors (Lipinski definition) is 1. The largest absolute Gasteiger partial charge is 0.376 e. The molecular formula is C13H24N2O3. The highest BCUT2D eigenvalue weighted by atomic mass is 16.6. The van der Waals surface area contributed by atoms with Gasteiger partial charge in [-0.3, -0.25) is 4.79 Å². The third-order valence-electron chi connectivity index (χ3n) is 3.73. The highest BCUT2D eigenvalue weighted by molar-refractivity contribution is 5.81. The molecule has 0 aromatic heterocycles. The highest BCUT2D eigenvalue weighted by Gasteiger charge is 2.32. The molecule has 2 atom stereocenters. The smallest absolute Gasteiger partial charge is 0.254 e. The first-order chi connectivity index (χ1) is 8.83. The summed E-state index contributed by atoms with van der Waals surface area (Å²) in [6.07, 6.45) is 4.08. The molecule has 5 heteroatoms. The number of carbonyl (C=O) groups excluding carboxylic acids is 1. The number of carbonyl (C=O) groups is 1. The Morgan fingerprint density at radius 3 is 3.00 bits per heavy atom. The van der Waals surface area contributed by atoms with E-state index in [4.69, 9.17) is 9.47 Å². The van der Waals surface area contributed by atoms with E-state index in [1.54, 1.807) is 0 Å². The quantitative estimate of drug-likeness (QED) is 0.790. The van der Waals surface area contributed by atoms with Crippen LogP contribution in [0.3, 0.4) is 0 Å². The highest BCUT2D eigenvalue weighted by Crippen LogP contribution is 2.21. The Bertz CT molecular complexity index is 267. The molecule has 2 unspecified atom stereocenters. The van der Waals surface area contributed by atoms with Crippen LogP contribution >= 0.6 is 0 Å². The van der Waals surface area contributed by atoms with E-state index in [1.165, 1.54) is 6.42 Å². The molecule has 1 N–H and O–H groups in total. The topological polar surface area (TPSA) is 50.8 Å². The second-order valence-electron chi connectivity index (χ2n) is 5.01. The second kappa shape index (κ2) is 7.07. The van der Waals surface area contributed by atoms with E-state index in [0.29, 0.717) is 25.9 Å². The standard InChI is InChI=1S/C13H24N2O3/c1-14-6-5-11-4-2-3-7-15(11)13(16)12-10-17-8-9-18-12/h11-12,14H,2-10H2,1H3. The molecular weight excluding hydrogens is 232 g/mol. The fourth-order valence-corrected chi connectivity index (χ4v) is 2.72. The van der Waals surface area contributed by atoms with Gasteiger partial charge in [0.05, 0.1) is 19.8 Å². The molecule has 0 saturated carbocycles. The van der Waals surface area contributed by atoms with E-state index in [-0.39, 0.29) is 12.0 Å². The van der Waals surface area contributed by atoms with Crippen molar-refractivity contribution in [3.05, 3.63) is 0 Å². The maximum atomic E-state index is 12.4. The number of nitrogens with one attached hydrogen (secondary N) is 1. The van der Waals surface area contributed by atoms with Gasteiger partial charge >= 0.3 is 0 Å². The first-order valence-corrected chi connectivity index (χ1v) is 6.97. The molecule has 18 heavy (non-hydrogen) atoms. The minimum atomic E-state index is -0.381.